The zero-order chi connectivity index (χ0) is 6.62. The molecule has 0 amide bonds. The van der Waals surface area contributed by atoms with Crippen molar-refractivity contribution in [1.82, 2.24) is 0 Å². The van der Waals surface area contributed by atoms with Gasteiger partial charge in [0.2, 0.25) is 0 Å². The van der Waals surface area contributed by atoms with Crippen LogP contribution < -0.4 is 51.4 Å². The van der Waals surface area contributed by atoms with Crippen molar-refractivity contribution in [2.75, 3.05) is 0 Å². The van der Waals surface area contributed by atoms with E-state index < -0.39 is 6.98 Å². The van der Waals surface area contributed by atoms with E-state index in [0.717, 1.165) is 0 Å². The summed E-state index contributed by atoms with van der Waals surface area (Å²) < 4.78 is 33.2. The third-order valence-corrected chi connectivity index (χ3v) is 0.408. The number of halogens is 3. The topological polar surface area (TPSA) is 17.1 Å². The van der Waals surface area contributed by atoms with Gasteiger partial charge in [0.1, 0.15) is 6.29 Å². The van der Waals surface area contributed by atoms with E-state index in [1.807, 2.05) is 0 Å². The molecule has 0 spiro atoms. The molecule has 0 atom stereocenters. The van der Waals surface area contributed by atoms with E-state index in [4.69, 9.17) is 0 Å². The summed E-state index contributed by atoms with van der Waals surface area (Å²) >= 11 is 0. The van der Waals surface area contributed by atoms with Crippen LogP contribution in [0.1, 0.15) is 0 Å². The van der Waals surface area contributed by atoms with Gasteiger partial charge in [-0.2, -0.15) is 0 Å². The van der Waals surface area contributed by atoms with Crippen molar-refractivity contribution < 1.29 is 69.1 Å². The van der Waals surface area contributed by atoms with Crippen molar-refractivity contribution in [3.63, 3.8) is 0 Å². The Balaban J connectivity index is 0. The molecule has 0 radical (unpaired) electrons. The maximum atomic E-state index is 11.1. The van der Waals surface area contributed by atoms with Crippen LogP contribution in [-0.4, -0.2) is 13.3 Å². The van der Waals surface area contributed by atoms with E-state index in [2.05, 4.69) is 0 Å². The minimum absolute atomic E-state index is 0. The first-order valence-corrected chi connectivity index (χ1v) is 1.89. The van der Waals surface area contributed by atoms with Crippen LogP contribution in [0, 0.1) is 0 Å². The Morgan fingerprint density at radius 3 is 1.78 bits per heavy atom. The first-order valence-electron chi connectivity index (χ1n) is 1.89. The molecule has 0 fully saturated rings. The Hall–Kier alpha value is 0.901. The summed E-state index contributed by atoms with van der Waals surface area (Å²) in [6.07, 6.45) is 0.523. The fourth-order valence-corrected chi connectivity index (χ4v) is 0.171. The van der Waals surface area contributed by atoms with Crippen molar-refractivity contribution in [3.05, 3.63) is 12.1 Å². The van der Waals surface area contributed by atoms with Gasteiger partial charge in [-0.15, -0.1) is 5.98 Å². The van der Waals surface area contributed by atoms with Gasteiger partial charge in [-0.05, 0) is 0 Å². The second kappa shape index (κ2) is 5.67. The predicted molar refractivity (Wildman–Crippen MR) is 24.3 cm³/mol. The van der Waals surface area contributed by atoms with Gasteiger partial charge in [-0.3, -0.25) is 4.79 Å². The summed E-state index contributed by atoms with van der Waals surface area (Å²) in [7, 11) is 0. The van der Waals surface area contributed by atoms with E-state index in [9.17, 15) is 17.7 Å². The predicted octanol–water partition coefficient (Wildman–Crippen LogP) is -1.87. The molecule has 0 aromatic rings. The fraction of sp³-hybridized carbons (Fsp3) is 0. The molecule has 0 aliphatic heterocycles. The van der Waals surface area contributed by atoms with Crippen LogP contribution in [0.15, 0.2) is 12.1 Å². The van der Waals surface area contributed by atoms with Crippen LogP contribution in [-0.2, 0) is 4.79 Å². The number of hydrogen-bond acceptors (Lipinski definition) is 1. The largest absolute Gasteiger partial charge is 1.00 e. The van der Waals surface area contributed by atoms with E-state index in [0.29, 0.717) is 6.08 Å². The van der Waals surface area contributed by atoms with E-state index >= 15 is 0 Å². The van der Waals surface area contributed by atoms with Crippen LogP contribution in [0.25, 0.3) is 0 Å². The zero-order valence-corrected chi connectivity index (χ0v) is 7.97. The third-order valence-electron chi connectivity index (χ3n) is 0.408. The van der Waals surface area contributed by atoms with Crippen LogP contribution in [0.2, 0.25) is 0 Å². The first-order chi connectivity index (χ1) is 3.56. The Kier molecular flexibility index (Phi) is 7.91. The molecule has 6 heteroatoms. The second-order valence-corrected chi connectivity index (χ2v) is 1.15. The van der Waals surface area contributed by atoms with Gasteiger partial charge in [-0.1, -0.05) is 6.08 Å². The van der Waals surface area contributed by atoms with Gasteiger partial charge in [0.25, 0.3) is 0 Å². The molecule has 0 saturated heterocycles. The van der Waals surface area contributed by atoms with Gasteiger partial charge in [0.15, 0.2) is 0 Å². The molecule has 0 aromatic carbocycles. The van der Waals surface area contributed by atoms with Crippen molar-refractivity contribution >= 4 is 13.3 Å². The second-order valence-electron chi connectivity index (χ2n) is 1.15. The summed E-state index contributed by atoms with van der Waals surface area (Å²) in [5, 5.41) is 0. The molecule has 0 heterocycles. The van der Waals surface area contributed by atoms with Crippen LogP contribution in [0.4, 0.5) is 12.9 Å². The summed E-state index contributed by atoms with van der Waals surface area (Å²) in [6.45, 7) is -4.91. The van der Waals surface area contributed by atoms with Crippen LogP contribution in [0.5, 0.6) is 0 Å². The van der Waals surface area contributed by atoms with Crippen LogP contribution in [0.3, 0.4) is 0 Å². The number of carbonyl (C=O) groups is 1. The fourth-order valence-electron chi connectivity index (χ4n) is 0.171. The number of aldehydes is 1. The number of allylic oxidation sites excluding steroid dienone is 1. The molecule has 0 N–H and O–H groups in total. The van der Waals surface area contributed by atoms with Gasteiger partial charge in [0, 0.05) is 0 Å². The van der Waals surface area contributed by atoms with Gasteiger partial charge >= 0.3 is 58.4 Å². The molecule has 0 aromatic heterocycles. The molecule has 0 aliphatic carbocycles. The maximum absolute atomic E-state index is 11.1. The SMILES string of the molecule is O=C/C=C/[B-](F)(F)F.[K+]. The minimum atomic E-state index is -4.91. The molecule has 0 saturated carbocycles. The molecule has 1 nitrogen and oxygen atoms in total. The Bertz CT molecular complexity index is 110. The number of hydrogen-bond donors (Lipinski definition) is 0. The zero-order valence-electron chi connectivity index (χ0n) is 4.85. The summed E-state index contributed by atoms with van der Waals surface area (Å²) in [6, 6.07) is 0. The quantitative estimate of drug-likeness (QED) is 0.264. The Labute approximate surface area is 93.2 Å². The van der Waals surface area contributed by atoms with Gasteiger partial charge < -0.3 is 12.9 Å². The molecule has 0 aliphatic rings. The average Bonchev–Trinajstić information content (AvgIpc) is 1.59. The minimum Gasteiger partial charge on any atom is -0.445 e. The van der Waals surface area contributed by atoms with Crippen molar-refractivity contribution in [2.45, 2.75) is 0 Å². The van der Waals surface area contributed by atoms with Crippen LogP contribution >= 0.6 is 0 Å². The molecular formula is C3H3BF3KO. The van der Waals surface area contributed by atoms with E-state index in [1.54, 1.807) is 0 Å². The van der Waals surface area contributed by atoms with Gasteiger partial charge in [-0.25, -0.2) is 0 Å². The van der Waals surface area contributed by atoms with Crippen molar-refractivity contribution in [2.24, 2.45) is 0 Å². The maximum Gasteiger partial charge on any atom is 1.00 e. The Morgan fingerprint density at radius 2 is 1.67 bits per heavy atom. The first kappa shape index (κ1) is 12.6. The molecule has 46 valence electrons. The van der Waals surface area contributed by atoms with E-state index in [-0.39, 0.29) is 63.6 Å². The standard InChI is InChI=1S/C3H3BF3O.K/c5-4(6,7)2-1-3-8;/h1-3H;/q-1;+1/b2-1+;. The molecule has 0 unspecified atom stereocenters. The van der Waals surface area contributed by atoms with E-state index in [1.165, 1.54) is 0 Å². The normalized spacial score (nSPS) is 11.0. The number of rotatable bonds is 2. The van der Waals surface area contributed by atoms with Crippen molar-refractivity contribution in [1.29, 1.82) is 0 Å². The summed E-state index contributed by atoms with van der Waals surface area (Å²) in [4.78, 5) is 9.27. The Morgan fingerprint density at radius 1 is 1.22 bits per heavy atom. The van der Waals surface area contributed by atoms with Crippen molar-refractivity contribution in [3.8, 4) is 0 Å². The molecule has 0 bridgehead atoms. The average molecular weight is 162 g/mol. The molecule has 9 heavy (non-hydrogen) atoms. The molecule has 0 rings (SSSR count). The monoisotopic (exact) mass is 162 g/mol. The summed E-state index contributed by atoms with van der Waals surface area (Å²) in [5.74, 6) is -0.0625. The third kappa shape index (κ3) is 12.2. The summed E-state index contributed by atoms with van der Waals surface area (Å²) in [5.41, 5.74) is 0. The smallest absolute Gasteiger partial charge is 0.445 e. The molecular weight excluding hydrogens is 159 g/mol. The number of carbonyl (C=O) groups excluding carboxylic acids is 1. The van der Waals surface area contributed by atoms with Gasteiger partial charge in [0.05, 0.1) is 0 Å².